The summed E-state index contributed by atoms with van der Waals surface area (Å²) in [4.78, 5) is 4.36. The normalized spacial score (nSPS) is 18.3. The van der Waals surface area contributed by atoms with Crippen molar-refractivity contribution in [2.45, 2.75) is 30.7 Å². The smallest absolute Gasteiger partial charge is 0.265 e. The first-order chi connectivity index (χ1) is 13.7. The highest BCUT2D eigenvalue weighted by atomic mass is 32.2. The number of benzene rings is 1. The minimum atomic E-state index is -3.73. The van der Waals surface area contributed by atoms with Gasteiger partial charge in [0.2, 0.25) is 10.0 Å². The topological polar surface area (TPSA) is 99.7 Å². The summed E-state index contributed by atoms with van der Waals surface area (Å²) in [5.74, 6) is 0.520. The van der Waals surface area contributed by atoms with E-state index in [1.54, 1.807) is 37.3 Å². The fourth-order valence-corrected chi connectivity index (χ4v) is 5.73. The molecule has 2 aromatic rings. The van der Waals surface area contributed by atoms with Gasteiger partial charge in [-0.25, -0.2) is 26.1 Å². The van der Waals surface area contributed by atoms with Gasteiger partial charge in [0.05, 0.1) is 11.9 Å². The maximum absolute atomic E-state index is 13.0. The number of nitrogens with one attached hydrogen (secondary N) is 1. The molecule has 29 heavy (non-hydrogen) atoms. The van der Waals surface area contributed by atoms with Crippen LogP contribution in [0.2, 0.25) is 0 Å². The van der Waals surface area contributed by atoms with Gasteiger partial charge in [0.15, 0.2) is 0 Å². The van der Waals surface area contributed by atoms with E-state index >= 15 is 0 Å². The summed E-state index contributed by atoms with van der Waals surface area (Å²) in [7, 11) is -6.95. The largest absolute Gasteiger partial charge is 0.366 e. The Hall–Kier alpha value is -2.17. The number of rotatable bonds is 7. The number of anilines is 2. The number of piperidine rings is 1. The lowest BCUT2D eigenvalue weighted by atomic mass is 10.1. The molecule has 10 heteroatoms. The van der Waals surface area contributed by atoms with Gasteiger partial charge in [-0.15, -0.1) is 0 Å². The predicted molar refractivity (Wildman–Crippen MR) is 114 cm³/mol. The molecule has 1 atom stereocenters. The van der Waals surface area contributed by atoms with Gasteiger partial charge in [-0.2, -0.15) is 0 Å². The lowest BCUT2D eigenvalue weighted by Crippen LogP contribution is -2.44. The summed E-state index contributed by atoms with van der Waals surface area (Å²) < 4.78 is 52.3. The van der Waals surface area contributed by atoms with Crippen LogP contribution in [0.1, 0.15) is 19.8 Å². The van der Waals surface area contributed by atoms with E-state index in [-0.39, 0.29) is 10.9 Å². The first kappa shape index (κ1) is 21.5. The first-order valence-corrected chi connectivity index (χ1v) is 12.8. The van der Waals surface area contributed by atoms with Crippen molar-refractivity contribution in [1.29, 1.82) is 0 Å². The standard InChI is InChI=1S/C19H26N4O4S2/c1-3-23(17-9-5-4-6-10-17)29(26,27)18-11-12-19(20-14-18)21-16-8-7-13-22(15-16)28(2,24)25/h4-6,9-12,14,16H,3,7-8,13,15H2,1-2H3,(H,20,21). The van der Waals surface area contributed by atoms with Gasteiger partial charge >= 0.3 is 0 Å². The highest BCUT2D eigenvalue weighted by molar-refractivity contribution is 7.92. The van der Waals surface area contributed by atoms with Crippen LogP contribution in [0.15, 0.2) is 53.6 Å². The quantitative estimate of drug-likeness (QED) is 0.711. The lowest BCUT2D eigenvalue weighted by Gasteiger charge is -2.31. The molecule has 1 aromatic heterocycles. The van der Waals surface area contributed by atoms with E-state index in [9.17, 15) is 16.8 Å². The Morgan fingerprint density at radius 2 is 1.86 bits per heavy atom. The van der Waals surface area contributed by atoms with Gasteiger partial charge in [-0.1, -0.05) is 18.2 Å². The summed E-state index contributed by atoms with van der Waals surface area (Å²) in [6.07, 6.45) is 4.13. The maximum Gasteiger partial charge on any atom is 0.265 e. The van der Waals surface area contributed by atoms with Crippen molar-refractivity contribution < 1.29 is 16.8 Å². The van der Waals surface area contributed by atoms with Crippen LogP contribution in [0.25, 0.3) is 0 Å². The van der Waals surface area contributed by atoms with Crippen LogP contribution in [0, 0.1) is 0 Å². The predicted octanol–water partition coefficient (Wildman–Crippen LogP) is 2.13. The maximum atomic E-state index is 13.0. The van der Waals surface area contributed by atoms with Crippen LogP contribution in [0.4, 0.5) is 11.5 Å². The van der Waals surface area contributed by atoms with E-state index < -0.39 is 20.0 Å². The number of pyridine rings is 1. The minimum absolute atomic E-state index is 0.0649. The zero-order valence-corrected chi connectivity index (χ0v) is 18.2. The molecule has 0 bridgehead atoms. The summed E-state index contributed by atoms with van der Waals surface area (Å²) in [6, 6.07) is 12.0. The van der Waals surface area contributed by atoms with Crippen molar-refractivity contribution >= 4 is 31.6 Å². The third-order valence-corrected chi connectivity index (χ3v) is 8.02. The molecule has 158 valence electrons. The number of aromatic nitrogens is 1. The fourth-order valence-electron chi connectivity index (χ4n) is 3.40. The Morgan fingerprint density at radius 3 is 2.45 bits per heavy atom. The van der Waals surface area contributed by atoms with E-state index in [0.717, 1.165) is 12.8 Å². The van der Waals surface area contributed by atoms with E-state index in [1.807, 2.05) is 6.07 Å². The average Bonchev–Trinajstić information content (AvgIpc) is 2.69. The Morgan fingerprint density at radius 1 is 1.14 bits per heavy atom. The lowest BCUT2D eigenvalue weighted by molar-refractivity contribution is 0.329. The molecule has 1 aliphatic rings. The molecule has 0 saturated carbocycles. The van der Waals surface area contributed by atoms with Crippen LogP contribution >= 0.6 is 0 Å². The highest BCUT2D eigenvalue weighted by Crippen LogP contribution is 2.24. The molecule has 1 unspecified atom stereocenters. The summed E-state index contributed by atoms with van der Waals surface area (Å²) in [6.45, 7) is 2.98. The molecular weight excluding hydrogens is 412 g/mol. The van der Waals surface area contributed by atoms with Crippen LogP contribution < -0.4 is 9.62 Å². The molecule has 2 heterocycles. The Labute approximate surface area is 172 Å². The molecule has 0 amide bonds. The van der Waals surface area contributed by atoms with Gasteiger partial charge in [0.1, 0.15) is 10.7 Å². The molecule has 3 rings (SSSR count). The van der Waals surface area contributed by atoms with Crippen molar-refractivity contribution in [2.75, 3.05) is 35.5 Å². The molecule has 1 fully saturated rings. The van der Waals surface area contributed by atoms with Crippen LogP contribution in [-0.2, 0) is 20.0 Å². The summed E-state index contributed by atoms with van der Waals surface area (Å²) in [5.41, 5.74) is 0.597. The molecular formula is C19H26N4O4S2. The van der Waals surface area contributed by atoms with Gasteiger partial charge in [-0.3, -0.25) is 4.31 Å². The molecule has 1 aliphatic heterocycles. The van der Waals surface area contributed by atoms with Crippen molar-refractivity contribution in [3.05, 3.63) is 48.7 Å². The SMILES string of the molecule is CCN(c1ccccc1)S(=O)(=O)c1ccc(NC2CCCN(S(C)(=O)=O)C2)nc1. The Bertz CT molecular complexity index is 1030. The molecule has 0 spiro atoms. The van der Waals surface area contributed by atoms with Crippen molar-refractivity contribution in [2.24, 2.45) is 0 Å². The van der Waals surface area contributed by atoms with Crippen molar-refractivity contribution in [1.82, 2.24) is 9.29 Å². The first-order valence-electron chi connectivity index (χ1n) is 9.47. The molecule has 1 saturated heterocycles. The zero-order valence-electron chi connectivity index (χ0n) is 16.5. The van der Waals surface area contributed by atoms with E-state index in [4.69, 9.17) is 0 Å². The second kappa shape index (κ2) is 8.68. The Balaban J connectivity index is 1.74. The van der Waals surface area contributed by atoms with Crippen molar-refractivity contribution in [3.8, 4) is 0 Å². The summed E-state index contributed by atoms with van der Waals surface area (Å²) in [5, 5.41) is 3.21. The highest BCUT2D eigenvalue weighted by Gasteiger charge is 2.27. The number of hydrogen-bond acceptors (Lipinski definition) is 6. The molecule has 1 aromatic carbocycles. The number of sulfonamides is 2. The van der Waals surface area contributed by atoms with Gasteiger partial charge in [-0.05, 0) is 44.0 Å². The molecule has 0 radical (unpaired) electrons. The fraction of sp³-hybridized carbons (Fsp3) is 0.421. The Kier molecular flexibility index (Phi) is 6.45. The number of hydrogen-bond donors (Lipinski definition) is 1. The third-order valence-electron chi connectivity index (χ3n) is 4.86. The van der Waals surface area contributed by atoms with Crippen molar-refractivity contribution in [3.63, 3.8) is 0 Å². The average molecular weight is 439 g/mol. The monoisotopic (exact) mass is 438 g/mol. The number of nitrogens with zero attached hydrogens (tertiary/aromatic N) is 3. The van der Waals surface area contributed by atoms with Crippen LogP contribution in [0.5, 0.6) is 0 Å². The zero-order chi connectivity index (χ0) is 21.1. The minimum Gasteiger partial charge on any atom is -0.366 e. The molecule has 1 N–H and O–H groups in total. The van der Waals surface area contributed by atoms with Crippen LogP contribution in [0.3, 0.4) is 0 Å². The summed E-state index contributed by atoms with van der Waals surface area (Å²) >= 11 is 0. The number of para-hydroxylation sites is 1. The third kappa shape index (κ3) is 5.06. The van der Waals surface area contributed by atoms with E-state index in [0.29, 0.717) is 31.1 Å². The van der Waals surface area contributed by atoms with Gasteiger partial charge in [0.25, 0.3) is 10.0 Å². The molecule has 0 aliphatic carbocycles. The van der Waals surface area contributed by atoms with E-state index in [2.05, 4.69) is 10.3 Å². The second-order valence-electron chi connectivity index (χ2n) is 6.99. The molecule has 8 nitrogen and oxygen atoms in total. The van der Waals surface area contributed by atoms with Gasteiger partial charge in [0, 0.05) is 31.9 Å². The van der Waals surface area contributed by atoms with E-state index in [1.165, 1.54) is 27.1 Å². The van der Waals surface area contributed by atoms with Gasteiger partial charge < -0.3 is 5.32 Å². The second-order valence-corrected chi connectivity index (χ2v) is 10.8. The van der Waals surface area contributed by atoms with Crippen LogP contribution in [-0.4, -0.2) is 58.1 Å².